The van der Waals surface area contributed by atoms with Crippen molar-refractivity contribution in [3.05, 3.63) is 176 Å². The number of para-hydroxylation sites is 5. The topological polar surface area (TPSA) is 60.5 Å². The van der Waals surface area contributed by atoms with Crippen LogP contribution in [-0.4, -0.2) is 9.55 Å². The van der Waals surface area contributed by atoms with Gasteiger partial charge in [-0.05, 0) is 72.8 Å². The fraction of sp³-hybridized carbons (Fsp3) is 0. The second-order valence-corrected chi connectivity index (χ2v) is 13.9. The number of anilines is 3. The highest BCUT2D eigenvalue weighted by Crippen LogP contribution is 2.48. The number of oxazole rings is 1. The van der Waals surface area contributed by atoms with E-state index in [9.17, 15) is 0 Å². The molecular weight excluding hydrogens is 679 g/mol. The molecule has 0 saturated heterocycles. The number of furan rings is 2. The average molecular weight is 708 g/mol. The van der Waals surface area contributed by atoms with Crippen LogP contribution in [0.2, 0.25) is 0 Å². The van der Waals surface area contributed by atoms with Crippen molar-refractivity contribution in [1.82, 2.24) is 9.55 Å². The minimum absolute atomic E-state index is 0.579. The summed E-state index contributed by atoms with van der Waals surface area (Å²) in [6.45, 7) is 0. The van der Waals surface area contributed by atoms with Crippen LogP contribution in [0.3, 0.4) is 0 Å². The largest absolute Gasteiger partial charge is 0.456 e. The monoisotopic (exact) mass is 707 g/mol. The first-order valence-corrected chi connectivity index (χ1v) is 18.4. The highest BCUT2D eigenvalue weighted by molar-refractivity contribution is 6.21. The maximum Gasteiger partial charge on any atom is 0.227 e. The van der Waals surface area contributed by atoms with E-state index >= 15 is 0 Å². The molecule has 0 spiro atoms. The first kappa shape index (κ1) is 29.9. The second-order valence-electron chi connectivity index (χ2n) is 13.9. The minimum atomic E-state index is 0.579. The lowest BCUT2D eigenvalue weighted by atomic mass is 10.1. The van der Waals surface area contributed by atoms with Crippen molar-refractivity contribution in [3.8, 4) is 17.1 Å². The number of hydrogen-bond donors (Lipinski definition) is 0. The Hall–Kier alpha value is -7.57. The summed E-state index contributed by atoms with van der Waals surface area (Å²) < 4.78 is 22.1. The number of benzene rings is 8. The molecule has 0 amide bonds. The minimum Gasteiger partial charge on any atom is -0.456 e. The predicted molar refractivity (Wildman–Crippen MR) is 223 cm³/mol. The Balaban J connectivity index is 1.18. The van der Waals surface area contributed by atoms with E-state index < -0.39 is 0 Å². The fourth-order valence-electron chi connectivity index (χ4n) is 8.43. The lowest BCUT2D eigenvalue weighted by molar-refractivity contribution is 0.619. The Morgan fingerprint density at radius 1 is 0.455 bits per heavy atom. The van der Waals surface area contributed by atoms with Crippen LogP contribution in [0.5, 0.6) is 0 Å². The number of hydrogen-bond acceptors (Lipinski definition) is 5. The molecule has 4 heterocycles. The Morgan fingerprint density at radius 3 is 2.02 bits per heavy atom. The van der Waals surface area contributed by atoms with Crippen molar-refractivity contribution in [2.45, 2.75) is 0 Å². The molecule has 6 nitrogen and oxygen atoms in total. The summed E-state index contributed by atoms with van der Waals surface area (Å²) in [6.07, 6.45) is 0. The van der Waals surface area contributed by atoms with Crippen molar-refractivity contribution in [2.75, 3.05) is 4.90 Å². The van der Waals surface area contributed by atoms with E-state index in [1.165, 1.54) is 5.39 Å². The SMILES string of the molecule is c1ccc(-c2nc3c(ccc4oc5c(N(c6ccc7c(c6)oc6ccccc67)c6cccc7c8ccccc8n(-c8ccccc8)c67)cccc5c43)o2)cc1. The molecule has 258 valence electrons. The van der Waals surface area contributed by atoms with Gasteiger partial charge in [0.15, 0.2) is 11.2 Å². The van der Waals surface area contributed by atoms with Gasteiger partial charge in [0.1, 0.15) is 22.3 Å². The van der Waals surface area contributed by atoms with Gasteiger partial charge in [0.05, 0.1) is 33.5 Å². The molecule has 4 aromatic heterocycles. The number of rotatable bonds is 5. The lowest BCUT2D eigenvalue weighted by Crippen LogP contribution is -2.12. The van der Waals surface area contributed by atoms with Crippen molar-refractivity contribution in [1.29, 1.82) is 0 Å². The summed E-state index contributed by atoms with van der Waals surface area (Å²) in [6, 6.07) is 60.8. The molecule has 12 aromatic rings. The van der Waals surface area contributed by atoms with Crippen molar-refractivity contribution in [3.63, 3.8) is 0 Å². The van der Waals surface area contributed by atoms with E-state index in [1.807, 2.05) is 54.6 Å². The van der Waals surface area contributed by atoms with E-state index in [1.54, 1.807) is 0 Å². The molecule has 0 aliphatic heterocycles. The van der Waals surface area contributed by atoms with Gasteiger partial charge in [-0.3, -0.25) is 0 Å². The van der Waals surface area contributed by atoms with Gasteiger partial charge in [-0.1, -0.05) is 97.1 Å². The Labute approximate surface area is 313 Å². The average Bonchev–Trinajstić information content (AvgIpc) is 4.02. The molecule has 12 rings (SSSR count). The van der Waals surface area contributed by atoms with Crippen LogP contribution in [0.25, 0.3) is 93.9 Å². The van der Waals surface area contributed by atoms with Gasteiger partial charge in [0.25, 0.3) is 0 Å². The Kier molecular flexibility index (Phi) is 6.24. The van der Waals surface area contributed by atoms with Crippen LogP contribution in [0, 0.1) is 0 Å². The summed E-state index contributed by atoms with van der Waals surface area (Å²) in [5, 5.41) is 6.37. The normalized spacial score (nSPS) is 12.0. The van der Waals surface area contributed by atoms with Crippen LogP contribution < -0.4 is 4.90 Å². The zero-order valence-corrected chi connectivity index (χ0v) is 29.3. The third-order valence-corrected chi connectivity index (χ3v) is 10.8. The third-order valence-electron chi connectivity index (χ3n) is 10.8. The zero-order valence-electron chi connectivity index (χ0n) is 29.3. The summed E-state index contributed by atoms with van der Waals surface area (Å²) in [5.74, 6) is 0.579. The summed E-state index contributed by atoms with van der Waals surface area (Å²) in [7, 11) is 0. The molecule has 0 unspecified atom stereocenters. The van der Waals surface area contributed by atoms with Crippen LogP contribution in [0.4, 0.5) is 17.1 Å². The molecule has 0 bridgehead atoms. The molecule has 55 heavy (non-hydrogen) atoms. The van der Waals surface area contributed by atoms with E-state index in [-0.39, 0.29) is 0 Å². The quantitative estimate of drug-likeness (QED) is 0.178. The third kappa shape index (κ3) is 4.39. The van der Waals surface area contributed by atoms with Gasteiger partial charge in [-0.2, -0.15) is 0 Å². The van der Waals surface area contributed by atoms with Crippen LogP contribution in [-0.2, 0) is 0 Å². The summed E-state index contributed by atoms with van der Waals surface area (Å²) in [4.78, 5) is 7.35. The molecule has 6 heteroatoms. The molecule has 0 N–H and O–H groups in total. The molecule has 8 aromatic carbocycles. The van der Waals surface area contributed by atoms with Gasteiger partial charge in [0.2, 0.25) is 5.89 Å². The second kappa shape index (κ2) is 11.5. The molecule has 0 aliphatic carbocycles. The van der Waals surface area contributed by atoms with Gasteiger partial charge in [-0.25, -0.2) is 4.98 Å². The smallest absolute Gasteiger partial charge is 0.227 e. The molecule has 0 fully saturated rings. The van der Waals surface area contributed by atoms with E-state index in [4.69, 9.17) is 18.2 Å². The summed E-state index contributed by atoms with van der Waals surface area (Å²) >= 11 is 0. The summed E-state index contributed by atoms with van der Waals surface area (Å²) in [5.41, 5.74) is 11.7. The lowest BCUT2D eigenvalue weighted by Gasteiger charge is -2.27. The molecule has 0 radical (unpaired) electrons. The van der Waals surface area contributed by atoms with Gasteiger partial charge >= 0.3 is 0 Å². The van der Waals surface area contributed by atoms with Gasteiger partial charge in [0, 0.05) is 44.2 Å². The Morgan fingerprint density at radius 2 is 1.15 bits per heavy atom. The van der Waals surface area contributed by atoms with Crippen LogP contribution >= 0.6 is 0 Å². The fourth-order valence-corrected chi connectivity index (χ4v) is 8.43. The molecular formula is C49H29N3O3. The molecule has 0 aliphatic rings. The van der Waals surface area contributed by atoms with Crippen molar-refractivity contribution < 1.29 is 13.3 Å². The van der Waals surface area contributed by atoms with E-state index in [0.717, 1.165) is 94.1 Å². The molecule has 0 saturated carbocycles. The van der Waals surface area contributed by atoms with Crippen LogP contribution in [0.15, 0.2) is 189 Å². The van der Waals surface area contributed by atoms with Crippen molar-refractivity contribution >= 4 is 93.8 Å². The van der Waals surface area contributed by atoms with Crippen LogP contribution in [0.1, 0.15) is 0 Å². The first-order valence-electron chi connectivity index (χ1n) is 18.4. The highest BCUT2D eigenvalue weighted by atomic mass is 16.4. The standard InChI is InChI=1S/C49H29N3O3/c1-3-13-30(14-4-1)49-50-46-43(55-49)28-27-42-45(46)37-20-12-23-40(48(37)54-42)51(32-25-26-35-34-18-8-10-24-41(34)53-44(35)29-32)39-22-11-19-36-33-17-7-9-21-38(33)52(47(36)39)31-15-5-2-6-16-31/h1-29H. The number of aromatic nitrogens is 2. The maximum atomic E-state index is 6.90. The van der Waals surface area contributed by atoms with Gasteiger partial charge in [-0.15, -0.1) is 0 Å². The predicted octanol–water partition coefficient (Wildman–Crippen LogP) is 13.9. The number of nitrogens with zero attached hydrogens (tertiary/aromatic N) is 3. The number of fused-ring (bicyclic) bond motifs is 11. The Bertz CT molecular complexity index is 3440. The highest BCUT2D eigenvalue weighted by Gasteiger charge is 2.26. The zero-order chi connectivity index (χ0) is 36.0. The van der Waals surface area contributed by atoms with Crippen molar-refractivity contribution in [2.24, 2.45) is 0 Å². The maximum absolute atomic E-state index is 6.90. The molecule has 0 atom stereocenters. The first-order chi connectivity index (χ1) is 27.3. The van der Waals surface area contributed by atoms with E-state index in [0.29, 0.717) is 11.5 Å². The van der Waals surface area contributed by atoms with Gasteiger partial charge < -0.3 is 22.7 Å². The van der Waals surface area contributed by atoms with E-state index in [2.05, 4.69) is 131 Å².